The van der Waals surface area contributed by atoms with Crippen LogP contribution in [-0.4, -0.2) is 14.5 Å². The minimum absolute atomic E-state index is 0.345. The van der Waals surface area contributed by atoms with E-state index in [4.69, 9.17) is 0 Å². The van der Waals surface area contributed by atoms with Crippen molar-refractivity contribution in [3.63, 3.8) is 0 Å². The summed E-state index contributed by atoms with van der Waals surface area (Å²) in [6, 6.07) is 3.43. The van der Waals surface area contributed by atoms with E-state index in [2.05, 4.69) is 25.9 Å². The van der Waals surface area contributed by atoms with Crippen molar-refractivity contribution >= 4 is 15.9 Å². The van der Waals surface area contributed by atoms with Crippen molar-refractivity contribution in [3.8, 4) is 5.69 Å². The molecule has 0 fully saturated rings. The maximum absolute atomic E-state index is 12.0. The number of pyridine rings is 1. The smallest absolute Gasteiger partial charge is 0.310 e. The van der Waals surface area contributed by atoms with Gasteiger partial charge in [0.05, 0.1) is 11.9 Å². The molecule has 0 saturated heterocycles. The number of H-pyrrole nitrogens is 1. The molecule has 0 atom stereocenters. The lowest BCUT2D eigenvalue weighted by molar-refractivity contribution is 0.841. The monoisotopic (exact) mass is 295 g/mol. The van der Waals surface area contributed by atoms with E-state index in [1.807, 2.05) is 6.92 Å². The molecule has 1 N–H and O–H groups in total. The standard InChI is InChI=1S/C11H10BrN3O2/c1-6-3-4-8(5-13-6)15-10(16)9(12)7(2)14-11(15)17/h3-5H,1-2H3,(H,14,17). The summed E-state index contributed by atoms with van der Waals surface area (Å²) in [7, 11) is 0. The lowest BCUT2D eigenvalue weighted by Crippen LogP contribution is -2.35. The van der Waals surface area contributed by atoms with Gasteiger partial charge in [0.2, 0.25) is 0 Å². The Bertz CT molecular complexity index is 671. The van der Waals surface area contributed by atoms with Crippen LogP contribution in [0.2, 0.25) is 0 Å². The zero-order valence-electron chi connectivity index (χ0n) is 9.32. The molecule has 0 aliphatic heterocycles. The van der Waals surface area contributed by atoms with Crippen LogP contribution in [0.25, 0.3) is 5.69 Å². The molecule has 2 aromatic rings. The van der Waals surface area contributed by atoms with E-state index < -0.39 is 11.2 Å². The summed E-state index contributed by atoms with van der Waals surface area (Å²) in [6.07, 6.45) is 1.49. The summed E-state index contributed by atoms with van der Waals surface area (Å²) >= 11 is 3.15. The van der Waals surface area contributed by atoms with Crippen molar-refractivity contribution in [2.75, 3.05) is 0 Å². The van der Waals surface area contributed by atoms with Gasteiger partial charge in [0.25, 0.3) is 5.56 Å². The van der Waals surface area contributed by atoms with Crippen LogP contribution < -0.4 is 11.2 Å². The molecule has 0 unspecified atom stereocenters. The van der Waals surface area contributed by atoms with Crippen LogP contribution in [-0.2, 0) is 0 Å². The number of aryl methyl sites for hydroxylation is 2. The van der Waals surface area contributed by atoms with Crippen LogP contribution in [0.3, 0.4) is 0 Å². The summed E-state index contributed by atoms with van der Waals surface area (Å²) in [5, 5.41) is 0. The van der Waals surface area contributed by atoms with Crippen molar-refractivity contribution in [2.45, 2.75) is 13.8 Å². The zero-order valence-corrected chi connectivity index (χ0v) is 10.9. The first-order valence-electron chi connectivity index (χ1n) is 4.95. The van der Waals surface area contributed by atoms with Gasteiger partial charge in [-0.1, -0.05) is 0 Å². The van der Waals surface area contributed by atoms with E-state index in [0.717, 1.165) is 10.3 Å². The number of aromatic amines is 1. The number of aromatic nitrogens is 3. The average molecular weight is 296 g/mol. The van der Waals surface area contributed by atoms with E-state index in [9.17, 15) is 9.59 Å². The maximum Gasteiger partial charge on any atom is 0.333 e. The normalized spacial score (nSPS) is 10.5. The molecule has 2 heterocycles. The summed E-state index contributed by atoms with van der Waals surface area (Å²) in [4.78, 5) is 30.4. The molecule has 0 radical (unpaired) electrons. The van der Waals surface area contributed by atoms with Gasteiger partial charge >= 0.3 is 5.69 Å². The van der Waals surface area contributed by atoms with Crippen LogP contribution in [0.5, 0.6) is 0 Å². The molecule has 5 nitrogen and oxygen atoms in total. The quantitative estimate of drug-likeness (QED) is 0.862. The summed E-state index contributed by atoms with van der Waals surface area (Å²) in [5.41, 5.74) is 0.918. The molecule has 0 amide bonds. The molecule has 0 bridgehead atoms. The average Bonchev–Trinajstić information content (AvgIpc) is 2.29. The Morgan fingerprint density at radius 3 is 2.59 bits per heavy atom. The fraction of sp³-hybridized carbons (Fsp3) is 0.182. The first-order chi connectivity index (χ1) is 8.00. The first kappa shape index (κ1) is 11.8. The Hall–Kier alpha value is -1.69. The Morgan fingerprint density at radius 1 is 1.29 bits per heavy atom. The second-order valence-electron chi connectivity index (χ2n) is 3.67. The highest BCUT2D eigenvalue weighted by Crippen LogP contribution is 2.07. The second-order valence-corrected chi connectivity index (χ2v) is 4.46. The Kier molecular flexibility index (Phi) is 2.97. The molecule has 0 spiro atoms. The molecule has 0 aromatic carbocycles. The van der Waals surface area contributed by atoms with Gasteiger partial charge in [0.1, 0.15) is 4.47 Å². The number of rotatable bonds is 1. The zero-order chi connectivity index (χ0) is 12.6. The Balaban J connectivity index is 2.77. The van der Waals surface area contributed by atoms with Gasteiger partial charge < -0.3 is 4.98 Å². The van der Waals surface area contributed by atoms with Gasteiger partial charge in [-0.05, 0) is 41.9 Å². The molecule has 88 valence electrons. The van der Waals surface area contributed by atoms with Crippen molar-refractivity contribution < 1.29 is 0 Å². The SMILES string of the molecule is Cc1ccc(-n2c(=O)[nH]c(C)c(Br)c2=O)cn1. The van der Waals surface area contributed by atoms with Crippen molar-refractivity contribution in [2.24, 2.45) is 0 Å². The van der Waals surface area contributed by atoms with Crippen molar-refractivity contribution in [1.29, 1.82) is 0 Å². The van der Waals surface area contributed by atoms with E-state index in [0.29, 0.717) is 15.9 Å². The van der Waals surface area contributed by atoms with Crippen LogP contribution in [0.1, 0.15) is 11.4 Å². The van der Waals surface area contributed by atoms with E-state index >= 15 is 0 Å². The molecule has 2 rings (SSSR count). The van der Waals surface area contributed by atoms with Crippen LogP contribution in [0.15, 0.2) is 32.4 Å². The van der Waals surface area contributed by atoms with Gasteiger partial charge in [-0.15, -0.1) is 0 Å². The number of nitrogens with one attached hydrogen (secondary N) is 1. The maximum atomic E-state index is 12.0. The highest BCUT2D eigenvalue weighted by atomic mass is 79.9. The number of halogens is 1. The molecule has 6 heteroatoms. The number of hydrogen-bond acceptors (Lipinski definition) is 3. The third kappa shape index (κ3) is 2.08. The lowest BCUT2D eigenvalue weighted by atomic mass is 10.3. The third-order valence-electron chi connectivity index (χ3n) is 2.37. The fourth-order valence-electron chi connectivity index (χ4n) is 1.45. The van der Waals surface area contributed by atoms with E-state index in [-0.39, 0.29) is 0 Å². The Morgan fingerprint density at radius 2 is 2.00 bits per heavy atom. The predicted octanol–water partition coefficient (Wildman–Crippen LogP) is 1.30. The molecular formula is C11H10BrN3O2. The van der Waals surface area contributed by atoms with Gasteiger partial charge in [-0.3, -0.25) is 9.78 Å². The van der Waals surface area contributed by atoms with Crippen LogP contribution in [0.4, 0.5) is 0 Å². The minimum atomic E-state index is -0.471. The highest BCUT2D eigenvalue weighted by molar-refractivity contribution is 9.10. The molecule has 0 aliphatic carbocycles. The van der Waals surface area contributed by atoms with Crippen molar-refractivity contribution in [1.82, 2.24) is 14.5 Å². The third-order valence-corrected chi connectivity index (χ3v) is 3.31. The molecular weight excluding hydrogens is 286 g/mol. The number of hydrogen-bond donors (Lipinski definition) is 1. The topological polar surface area (TPSA) is 67.8 Å². The highest BCUT2D eigenvalue weighted by Gasteiger charge is 2.10. The lowest BCUT2D eigenvalue weighted by Gasteiger charge is -2.06. The molecule has 17 heavy (non-hydrogen) atoms. The predicted molar refractivity (Wildman–Crippen MR) is 67.6 cm³/mol. The second kappa shape index (κ2) is 4.29. The van der Waals surface area contributed by atoms with Gasteiger partial charge in [-0.2, -0.15) is 0 Å². The summed E-state index contributed by atoms with van der Waals surface area (Å²) < 4.78 is 1.39. The van der Waals surface area contributed by atoms with E-state index in [1.54, 1.807) is 19.1 Å². The molecule has 2 aromatic heterocycles. The summed E-state index contributed by atoms with van der Waals surface area (Å²) in [5.74, 6) is 0. The van der Waals surface area contributed by atoms with Gasteiger partial charge in [0, 0.05) is 11.4 Å². The van der Waals surface area contributed by atoms with Gasteiger partial charge in [0.15, 0.2) is 0 Å². The first-order valence-corrected chi connectivity index (χ1v) is 5.74. The van der Waals surface area contributed by atoms with Crippen molar-refractivity contribution in [3.05, 3.63) is 55.0 Å². The van der Waals surface area contributed by atoms with Crippen LogP contribution in [0, 0.1) is 13.8 Å². The molecule has 0 aliphatic rings. The van der Waals surface area contributed by atoms with E-state index in [1.165, 1.54) is 6.20 Å². The number of nitrogens with zero attached hydrogens (tertiary/aromatic N) is 2. The van der Waals surface area contributed by atoms with Crippen LogP contribution >= 0.6 is 15.9 Å². The Labute approximate surface area is 105 Å². The fourth-order valence-corrected chi connectivity index (χ4v) is 1.73. The summed E-state index contributed by atoms with van der Waals surface area (Å²) in [6.45, 7) is 3.49. The minimum Gasteiger partial charge on any atom is -0.310 e. The van der Waals surface area contributed by atoms with Gasteiger partial charge in [-0.25, -0.2) is 9.36 Å². The molecule has 0 saturated carbocycles. The largest absolute Gasteiger partial charge is 0.333 e.